The van der Waals surface area contributed by atoms with Crippen LogP contribution in [0.5, 0.6) is 17.2 Å². The molecule has 202 valence electrons. The van der Waals surface area contributed by atoms with Gasteiger partial charge in [-0.3, -0.25) is 0 Å². The second kappa shape index (κ2) is 9.90. The minimum absolute atomic E-state index is 0.185. The fourth-order valence-corrected chi connectivity index (χ4v) is 4.61. The van der Waals surface area contributed by atoms with Crippen molar-refractivity contribution in [3.8, 4) is 34.2 Å². The summed E-state index contributed by atoms with van der Waals surface area (Å²) in [5.74, 6) is -0.910. The molecule has 0 fully saturated rings. The topological polar surface area (TPSA) is 98.8 Å². The lowest BCUT2D eigenvalue weighted by Crippen LogP contribution is -2.39. The van der Waals surface area contributed by atoms with Gasteiger partial charge in [0.25, 0.3) is 0 Å². The van der Waals surface area contributed by atoms with E-state index in [0.717, 1.165) is 0 Å². The number of alkyl halides is 3. The highest BCUT2D eigenvalue weighted by molar-refractivity contribution is 6.05. The molecule has 1 atom stereocenters. The highest BCUT2D eigenvalue weighted by Gasteiger charge is 2.32. The first-order valence-electron chi connectivity index (χ1n) is 11.9. The third-order valence-corrected chi connectivity index (χ3v) is 6.31. The number of hydrogen-bond acceptors (Lipinski definition) is 7. The Hall–Kier alpha value is -4.67. The standard InChI is InChI=1S/C28H23F3N2O6/c1-4-23(27(34)35)37-18-7-5-6-16(12-18)33-15(2)25(20-10-9-19(13-22(20)33)38-28(29,30)31)26-21-11-8-17(36-3)14-24(21)39-32-26/h5-14,23H,4H2,1-3H3,(H,34,35)/p-1/t23-/m1/s1. The fraction of sp³-hybridized carbons (Fsp3) is 0.214. The smallest absolute Gasteiger partial charge is 0.546 e. The van der Waals surface area contributed by atoms with Gasteiger partial charge < -0.3 is 33.2 Å². The fourth-order valence-electron chi connectivity index (χ4n) is 4.61. The van der Waals surface area contributed by atoms with Crippen LogP contribution < -0.4 is 19.3 Å². The van der Waals surface area contributed by atoms with Gasteiger partial charge in [0.2, 0.25) is 0 Å². The van der Waals surface area contributed by atoms with E-state index in [0.29, 0.717) is 50.3 Å². The van der Waals surface area contributed by atoms with Gasteiger partial charge in [-0.25, -0.2) is 0 Å². The van der Waals surface area contributed by atoms with E-state index in [-0.39, 0.29) is 12.2 Å². The Morgan fingerprint density at radius 2 is 1.79 bits per heavy atom. The molecular formula is C28H22F3N2O6-. The average molecular weight is 539 g/mol. The zero-order chi connectivity index (χ0) is 27.9. The van der Waals surface area contributed by atoms with Crippen molar-refractivity contribution in [1.82, 2.24) is 9.72 Å². The number of aromatic nitrogens is 2. The molecule has 0 saturated heterocycles. The van der Waals surface area contributed by atoms with Gasteiger partial charge in [-0.05, 0) is 49.7 Å². The summed E-state index contributed by atoms with van der Waals surface area (Å²) in [6.07, 6.45) is -5.86. The minimum Gasteiger partial charge on any atom is -0.546 e. The second-order valence-electron chi connectivity index (χ2n) is 8.75. The van der Waals surface area contributed by atoms with E-state index < -0.39 is 24.2 Å². The number of benzene rings is 3. The van der Waals surface area contributed by atoms with Crippen LogP contribution in [0.4, 0.5) is 13.2 Å². The van der Waals surface area contributed by atoms with Crippen LogP contribution in [0.2, 0.25) is 0 Å². The summed E-state index contributed by atoms with van der Waals surface area (Å²) < 4.78 is 61.5. The number of nitrogens with zero attached hydrogens (tertiary/aromatic N) is 2. The molecular weight excluding hydrogens is 517 g/mol. The van der Waals surface area contributed by atoms with Gasteiger partial charge in [0, 0.05) is 40.5 Å². The zero-order valence-corrected chi connectivity index (χ0v) is 21.0. The monoisotopic (exact) mass is 539 g/mol. The van der Waals surface area contributed by atoms with Gasteiger partial charge in [0.15, 0.2) is 5.58 Å². The Kier molecular flexibility index (Phi) is 6.59. The van der Waals surface area contributed by atoms with Gasteiger partial charge in [-0.2, -0.15) is 0 Å². The molecule has 2 aromatic heterocycles. The number of aliphatic carboxylic acids is 1. The molecule has 0 unspecified atom stereocenters. The van der Waals surface area contributed by atoms with Crippen molar-refractivity contribution in [2.24, 2.45) is 0 Å². The molecule has 0 spiro atoms. The van der Waals surface area contributed by atoms with E-state index >= 15 is 0 Å². The molecule has 0 saturated carbocycles. The van der Waals surface area contributed by atoms with Gasteiger partial charge in [0.05, 0.1) is 24.0 Å². The summed E-state index contributed by atoms with van der Waals surface area (Å²) in [6.45, 7) is 3.45. The zero-order valence-electron chi connectivity index (χ0n) is 21.0. The predicted molar refractivity (Wildman–Crippen MR) is 134 cm³/mol. The summed E-state index contributed by atoms with van der Waals surface area (Å²) in [5, 5.41) is 16.9. The first kappa shape index (κ1) is 26.0. The first-order valence-corrected chi connectivity index (χ1v) is 11.9. The van der Waals surface area contributed by atoms with Crippen LogP contribution in [0.25, 0.3) is 38.8 Å². The maximum atomic E-state index is 13.1. The number of hydrogen-bond donors (Lipinski definition) is 0. The van der Waals surface area contributed by atoms with Gasteiger partial charge in [-0.15, -0.1) is 13.2 Å². The van der Waals surface area contributed by atoms with Crippen molar-refractivity contribution in [1.29, 1.82) is 0 Å². The molecule has 0 aliphatic rings. The highest BCUT2D eigenvalue weighted by atomic mass is 19.4. The predicted octanol–water partition coefficient (Wildman–Crippen LogP) is 5.56. The Labute approximate surface area is 220 Å². The minimum atomic E-state index is -4.88. The van der Waals surface area contributed by atoms with Crippen molar-refractivity contribution >= 4 is 27.8 Å². The molecule has 0 amide bonds. The molecule has 0 aliphatic carbocycles. The summed E-state index contributed by atoms with van der Waals surface area (Å²) in [4.78, 5) is 11.4. The molecule has 5 aromatic rings. The van der Waals surface area contributed by atoms with E-state index in [9.17, 15) is 23.1 Å². The maximum Gasteiger partial charge on any atom is 0.573 e. The van der Waals surface area contributed by atoms with E-state index in [4.69, 9.17) is 14.0 Å². The van der Waals surface area contributed by atoms with Crippen LogP contribution in [0.1, 0.15) is 19.0 Å². The van der Waals surface area contributed by atoms with Gasteiger partial charge >= 0.3 is 6.36 Å². The van der Waals surface area contributed by atoms with Crippen LogP contribution in [0.15, 0.2) is 65.2 Å². The molecule has 5 rings (SSSR count). The van der Waals surface area contributed by atoms with Crippen LogP contribution in [0, 0.1) is 6.92 Å². The third kappa shape index (κ3) is 4.95. The highest BCUT2D eigenvalue weighted by Crippen LogP contribution is 2.41. The summed E-state index contributed by atoms with van der Waals surface area (Å²) in [5.41, 5.74) is 3.18. The van der Waals surface area contributed by atoms with Crippen molar-refractivity contribution in [2.45, 2.75) is 32.7 Å². The number of fused-ring (bicyclic) bond motifs is 2. The molecule has 0 aliphatic heterocycles. The van der Waals surface area contributed by atoms with E-state index in [1.165, 1.54) is 25.3 Å². The van der Waals surface area contributed by atoms with Crippen LogP contribution in [0.3, 0.4) is 0 Å². The summed E-state index contributed by atoms with van der Waals surface area (Å²) in [6, 6.07) is 15.9. The van der Waals surface area contributed by atoms with Gasteiger partial charge in [-0.1, -0.05) is 18.1 Å². The molecule has 0 N–H and O–H groups in total. The first-order chi connectivity index (χ1) is 18.6. The lowest BCUT2D eigenvalue weighted by atomic mass is 10.0. The Morgan fingerprint density at radius 3 is 2.49 bits per heavy atom. The van der Waals surface area contributed by atoms with Crippen LogP contribution in [-0.4, -0.2) is 35.3 Å². The molecule has 11 heteroatoms. The van der Waals surface area contributed by atoms with Gasteiger partial charge in [0.1, 0.15) is 29.0 Å². The summed E-state index contributed by atoms with van der Waals surface area (Å²) in [7, 11) is 1.53. The molecule has 8 nitrogen and oxygen atoms in total. The number of carboxylic acids is 1. The van der Waals surface area contributed by atoms with E-state index in [1.54, 1.807) is 60.9 Å². The Bertz CT molecular complexity index is 1690. The number of rotatable bonds is 8. The number of carboxylic acid groups (broad SMARTS) is 1. The van der Waals surface area contributed by atoms with Crippen LogP contribution in [-0.2, 0) is 4.79 Å². The average Bonchev–Trinajstić information content (AvgIpc) is 3.42. The SMILES string of the molecule is CC[C@@H](Oc1cccc(-n2c(C)c(-c3noc4cc(OC)ccc34)c3ccc(OC(F)(F)F)cc32)c1)C(=O)[O-]. The number of carbonyl (C=O) groups is 1. The normalized spacial score (nSPS) is 12.6. The van der Waals surface area contributed by atoms with Crippen molar-refractivity contribution in [2.75, 3.05) is 7.11 Å². The molecule has 0 radical (unpaired) electrons. The van der Waals surface area contributed by atoms with E-state index in [2.05, 4.69) is 9.89 Å². The van der Waals surface area contributed by atoms with E-state index in [1.807, 2.05) is 0 Å². The lowest BCUT2D eigenvalue weighted by Gasteiger charge is -2.19. The molecule has 3 aromatic carbocycles. The van der Waals surface area contributed by atoms with Crippen molar-refractivity contribution in [3.63, 3.8) is 0 Å². The third-order valence-electron chi connectivity index (χ3n) is 6.31. The maximum absolute atomic E-state index is 13.1. The lowest BCUT2D eigenvalue weighted by molar-refractivity contribution is -0.313. The van der Waals surface area contributed by atoms with Crippen molar-refractivity contribution < 1.29 is 41.8 Å². The molecule has 0 bridgehead atoms. The Morgan fingerprint density at radius 1 is 1.05 bits per heavy atom. The molecule has 2 heterocycles. The number of carbonyl (C=O) groups excluding carboxylic acids is 1. The van der Waals surface area contributed by atoms with Crippen LogP contribution >= 0.6 is 0 Å². The quantitative estimate of drug-likeness (QED) is 0.255. The van der Waals surface area contributed by atoms with Crippen molar-refractivity contribution in [3.05, 3.63) is 66.4 Å². The number of methoxy groups -OCH3 is 1. The largest absolute Gasteiger partial charge is 0.573 e. The number of halogens is 3. The summed E-state index contributed by atoms with van der Waals surface area (Å²) >= 11 is 0. The Balaban J connectivity index is 1.73. The number of ether oxygens (including phenoxy) is 3. The second-order valence-corrected chi connectivity index (χ2v) is 8.75. The molecule has 39 heavy (non-hydrogen) atoms.